The minimum Gasteiger partial charge on any atom is -0.491 e. The average molecular weight is 250 g/mol. The lowest BCUT2D eigenvalue weighted by atomic mass is 10.1. The first-order chi connectivity index (χ1) is 8.85. The zero-order valence-electron chi connectivity index (χ0n) is 10.6. The minimum absolute atomic E-state index is 0.141. The van der Waals surface area contributed by atoms with Crippen LogP contribution in [0.3, 0.4) is 0 Å². The van der Waals surface area contributed by atoms with Crippen molar-refractivity contribution in [1.82, 2.24) is 0 Å². The van der Waals surface area contributed by atoms with Gasteiger partial charge in [0.25, 0.3) is 0 Å². The van der Waals surface area contributed by atoms with Gasteiger partial charge in [0.05, 0.1) is 13.2 Å². The smallest absolute Gasteiger partial charge is 0.126 e. The Bertz CT molecular complexity index is 414. The molecule has 18 heavy (non-hydrogen) atoms. The summed E-state index contributed by atoms with van der Waals surface area (Å²) in [5.41, 5.74) is 1.20. The fourth-order valence-electron chi connectivity index (χ4n) is 2.08. The van der Waals surface area contributed by atoms with Gasteiger partial charge >= 0.3 is 0 Å². The molecule has 3 rings (SSSR count). The average Bonchev–Trinajstić information content (AvgIpc) is 3.12. The van der Waals surface area contributed by atoms with Crippen LogP contribution < -0.4 is 9.47 Å². The number of benzene rings is 1. The number of hydrogen-bond acceptors (Lipinski definition) is 4. The van der Waals surface area contributed by atoms with Crippen LogP contribution in [0.4, 0.5) is 0 Å². The molecule has 0 radical (unpaired) electrons. The second-order valence-electron chi connectivity index (χ2n) is 4.64. The summed E-state index contributed by atoms with van der Waals surface area (Å²) < 4.78 is 22.0. The van der Waals surface area contributed by atoms with Gasteiger partial charge in [-0.2, -0.15) is 0 Å². The molecule has 4 nitrogen and oxygen atoms in total. The third kappa shape index (κ3) is 2.76. The van der Waals surface area contributed by atoms with Crippen molar-refractivity contribution in [1.29, 1.82) is 0 Å². The maximum Gasteiger partial charge on any atom is 0.126 e. The van der Waals surface area contributed by atoms with Crippen LogP contribution in [-0.2, 0) is 15.9 Å². The molecule has 2 atom stereocenters. The van der Waals surface area contributed by atoms with Gasteiger partial charge in [-0.1, -0.05) is 0 Å². The summed E-state index contributed by atoms with van der Waals surface area (Å²) in [6.45, 7) is 4.84. The first-order valence-electron chi connectivity index (χ1n) is 6.47. The van der Waals surface area contributed by atoms with Crippen molar-refractivity contribution in [2.24, 2.45) is 0 Å². The largest absolute Gasteiger partial charge is 0.491 e. The summed E-state index contributed by atoms with van der Waals surface area (Å²) in [5, 5.41) is 0. The van der Waals surface area contributed by atoms with Crippen molar-refractivity contribution in [2.45, 2.75) is 25.6 Å². The highest BCUT2D eigenvalue weighted by atomic mass is 16.6. The SMILES string of the molecule is CCOCC1Cc2cc(OCC3CO3)ccc2O1. The lowest BCUT2D eigenvalue weighted by molar-refractivity contribution is 0.0679. The van der Waals surface area contributed by atoms with Crippen molar-refractivity contribution in [2.75, 3.05) is 26.4 Å². The van der Waals surface area contributed by atoms with Gasteiger partial charge in [-0.25, -0.2) is 0 Å². The van der Waals surface area contributed by atoms with E-state index in [1.165, 1.54) is 5.56 Å². The van der Waals surface area contributed by atoms with Crippen molar-refractivity contribution < 1.29 is 18.9 Å². The predicted molar refractivity (Wildman–Crippen MR) is 66.3 cm³/mol. The first-order valence-corrected chi connectivity index (χ1v) is 6.47. The number of rotatable bonds is 6. The zero-order chi connectivity index (χ0) is 12.4. The van der Waals surface area contributed by atoms with E-state index in [0.29, 0.717) is 19.3 Å². The minimum atomic E-state index is 0.141. The van der Waals surface area contributed by atoms with Crippen LogP contribution in [0, 0.1) is 0 Å². The summed E-state index contributed by atoms with van der Waals surface area (Å²) in [4.78, 5) is 0. The quantitative estimate of drug-likeness (QED) is 0.722. The van der Waals surface area contributed by atoms with Crippen LogP contribution in [0.25, 0.3) is 0 Å². The Balaban J connectivity index is 1.58. The molecule has 2 heterocycles. The van der Waals surface area contributed by atoms with E-state index in [1.807, 2.05) is 19.1 Å². The lowest BCUT2D eigenvalue weighted by Crippen LogP contribution is -2.20. The Hall–Kier alpha value is -1.26. The van der Waals surface area contributed by atoms with E-state index >= 15 is 0 Å². The van der Waals surface area contributed by atoms with E-state index in [1.54, 1.807) is 0 Å². The summed E-state index contributed by atoms with van der Waals surface area (Å²) >= 11 is 0. The van der Waals surface area contributed by atoms with Gasteiger partial charge < -0.3 is 18.9 Å². The second kappa shape index (κ2) is 5.16. The zero-order valence-corrected chi connectivity index (χ0v) is 10.6. The highest BCUT2D eigenvalue weighted by molar-refractivity contribution is 5.43. The molecule has 0 spiro atoms. The Morgan fingerprint density at radius 3 is 2.94 bits per heavy atom. The van der Waals surface area contributed by atoms with Gasteiger partial charge in [-0.05, 0) is 25.1 Å². The first kappa shape index (κ1) is 11.8. The predicted octanol–water partition coefficient (Wildman–Crippen LogP) is 1.80. The summed E-state index contributed by atoms with van der Waals surface area (Å²) in [6.07, 6.45) is 1.33. The number of hydrogen-bond donors (Lipinski definition) is 0. The van der Waals surface area contributed by atoms with Crippen molar-refractivity contribution in [3.63, 3.8) is 0 Å². The molecule has 1 fully saturated rings. The Morgan fingerprint density at radius 2 is 2.17 bits per heavy atom. The van der Waals surface area contributed by atoms with Crippen molar-refractivity contribution in [3.05, 3.63) is 23.8 Å². The Labute approximate surface area is 107 Å². The van der Waals surface area contributed by atoms with E-state index in [9.17, 15) is 0 Å². The third-order valence-corrected chi connectivity index (χ3v) is 3.12. The highest BCUT2D eigenvalue weighted by Gasteiger charge is 2.25. The Morgan fingerprint density at radius 1 is 1.28 bits per heavy atom. The molecule has 0 bridgehead atoms. The third-order valence-electron chi connectivity index (χ3n) is 3.12. The number of fused-ring (bicyclic) bond motifs is 1. The van der Waals surface area contributed by atoms with Crippen LogP contribution in [0.15, 0.2) is 18.2 Å². The monoisotopic (exact) mass is 250 g/mol. The van der Waals surface area contributed by atoms with E-state index in [-0.39, 0.29) is 6.10 Å². The topological polar surface area (TPSA) is 40.2 Å². The molecule has 0 saturated carbocycles. The van der Waals surface area contributed by atoms with Crippen molar-refractivity contribution >= 4 is 0 Å². The lowest BCUT2D eigenvalue weighted by Gasteiger charge is -2.09. The maximum atomic E-state index is 5.80. The van der Waals surface area contributed by atoms with E-state index in [2.05, 4.69) is 6.07 Å². The summed E-state index contributed by atoms with van der Waals surface area (Å²) in [5.74, 6) is 1.85. The molecule has 0 aromatic heterocycles. The fraction of sp³-hybridized carbons (Fsp3) is 0.571. The van der Waals surface area contributed by atoms with E-state index in [4.69, 9.17) is 18.9 Å². The summed E-state index contributed by atoms with van der Waals surface area (Å²) in [7, 11) is 0. The van der Waals surface area contributed by atoms with Crippen molar-refractivity contribution in [3.8, 4) is 11.5 Å². The van der Waals surface area contributed by atoms with Gasteiger partial charge in [0, 0.05) is 18.6 Å². The molecule has 4 heteroatoms. The van der Waals surface area contributed by atoms with Gasteiger partial charge in [-0.3, -0.25) is 0 Å². The fourth-order valence-corrected chi connectivity index (χ4v) is 2.08. The van der Waals surface area contributed by atoms with Gasteiger partial charge in [-0.15, -0.1) is 0 Å². The molecule has 1 saturated heterocycles. The summed E-state index contributed by atoms with van der Waals surface area (Å²) in [6, 6.07) is 5.98. The molecule has 0 N–H and O–H groups in total. The van der Waals surface area contributed by atoms with Gasteiger partial charge in [0.2, 0.25) is 0 Å². The molecule has 2 unspecified atom stereocenters. The second-order valence-corrected chi connectivity index (χ2v) is 4.64. The van der Waals surface area contributed by atoms with Crippen LogP contribution in [0.1, 0.15) is 12.5 Å². The highest BCUT2D eigenvalue weighted by Crippen LogP contribution is 2.32. The van der Waals surface area contributed by atoms with Crippen LogP contribution in [-0.4, -0.2) is 38.6 Å². The van der Waals surface area contributed by atoms with Gasteiger partial charge in [0.1, 0.15) is 30.3 Å². The van der Waals surface area contributed by atoms with Crippen LogP contribution in [0.2, 0.25) is 0 Å². The molecule has 98 valence electrons. The van der Waals surface area contributed by atoms with E-state index in [0.717, 1.165) is 31.1 Å². The van der Waals surface area contributed by atoms with Crippen LogP contribution in [0.5, 0.6) is 11.5 Å². The van der Waals surface area contributed by atoms with Gasteiger partial charge in [0.15, 0.2) is 0 Å². The Kier molecular flexibility index (Phi) is 3.39. The molecular formula is C14H18O4. The number of ether oxygens (including phenoxy) is 4. The molecule has 0 amide bonds. The molecule has 2 aliphatic rings. The van der Waals surface area contributed by atoms with E-state index < -0.39 is 0 Å². The molecule has 1 aromatic rings. The maximum absolute atomic E-state index is 5.80. The molecular weight excluding hydrogens is 232 g/mol. The molecule has 0 aliphatic carbocycles. The standard InChI is InChI=1S/C14H18O4/c1-2-15-7-12-6-10-5-11(3-4-14(10)18-12)16-8-13-9-17-13/h3-5,12-13H,2,6-9H2,1H3. The molecule has 1 aromatic carbocycles. The molecule has 2 aliphatic heterocycles. The normalized spacial score (nSPS) is 24.5. The van der Waals surface area contributed by atoms with Crippen LogP contribution >= 0.6 is 0 Å². The number of epoxide rings is 1.